The zero-order chi connectivity index (χ0) is 12.5. The van der Waals surface area contributed by atoms with Crippen molar-refractivity contribution < 1.29 is 13.2 Å². The van der Waals surface area contributed by atoms with Crippen molar-refractivity contribution >= 4 is 5.82 Å². The first-order valence-corrected chi connectivity index (χ1v) is 4.71. The van der Waals surface area contributed by atoms with E-state index in [1.807, 2.05) is 0 Å². The van der Waals surface area contributed by atoms with Crippen LogP contribution in [0.2, 0.25) is 0 Å². The van der Waals surface area contributed by atoms with Gasteiger partial charge in [-0.3, -0.25) is 4.98 Å². The van der Waals surface area contributed by atoms with E-state index in [0.29, 0.717) is 16.9 Å². The van der Waals surface area contributed by atoms with Crippen LogP contribution in [-0.2, 0) is 6.18 Å². The number of rotatable bonds is 1. The SMILES string of the molecule is Nc1ccc(-c2cncc(C(F)(F)F)c2)cn1. The van der Waals surface area contributed by atoms with Crippen LogP contribution < -0.4 is 5.73 Å². The van der Waals surface area contributed by atoms with Crippen molar-refractivity contribution in [3.8, 4) is 11.1 Å². The summed E-state index contributed by atoms with van der Waals surface area (Å²) in [6, 6.07) is 4.15. The summed E-state index contributed by atoms with van der Waals surface area (Å²) in [4.78, 5) is 7.39. The molecule has 0 fully saturated rings. The molecule has 0 saturated heterocycles. The van der Waals surface area contributed by atoms with E-state index in [0.717, 1.165) is 12.3 Å². The van der Waals surface area contributed by atoms with Crippen molar-refractivity contribution in [3.05, 3.63) is 42.4 Å². The molecule has 0 saturated carbocycles. The largest absolute Gasteiger partial charge is 0.417 e. The molecule has 2 N–H and O–H groups in total. The second kappa shape index (κ2) is 4.04. The molecule has 0 radical (unpaired) electrons. The highest BCUT2D eigenvalue weighted by atomic mass is 19.4. The topological polar surface area (TPSA) is 51.8 Å². The van der Waals surface area contributed by atoms with Gasteiger partial charge < -0.3 is 5.73 Å². The predicted octanol–water partition coefficient (Wildman–Crippen LogP) is 2.74. The zero-order valence-corrected chi connectivity index (χ0v) is 8.57. The highest BCUT2D eigenvalue weighted by Gasteiger charge is 2.31. The number of anilines is 1. The molecular weight excluding hydrogens is 231 g/mol. The Morgan fingerprint density at radius 1 is 1.00 bits per heavy atom. The Balaban J connectivity index is 2.43. The van der Waals surface area contributed by atoms with E-state index in [9.17, 15) is 13.2 Å². The Morgan fingerprint density at radius 2 is 1.76 bits per heavy atom. The minimum atomic E-state index is -4.40. The maximum atomic E-state index is 12.5. The lowest BCUT2D eigenvalue weighted by Gasteiger charge is -2.07. The number of nitrogens with zero attached hydrogens (tertiary/aromatic N) is 2. The lowest BCUT2D eigenvalue weighted by Crippen LogP contribution is -2.05. The Morgan fingerprint density at radius 3 is 2.35 bits per heavy atom. The molecule has 2 aromatic rings. The number of hydrogen-bond acceptors (Lipinski definition) is 3. The molecule has 0 aliphatic carbocycles. The van der Waals surface area contributed by atoms with Crippen molar-refractivity contribution in [2.45, 2.75) is 6.18 Å². The van der Waals surface area contributed by atoms with Gasteiger partial charge in [0.1, 0.15) is 5.82 Å². The summed E-state index contributed by atoms with van der Waals surface area (Å²) >= 11 is 0. The summed E-state index contributed by atoms with van der Waals surface area (Å²) in [5.41, 5.74) is 5.51. The Kier molecular flexibility index (Phi) is 2.71. The molecule has 2 heterocycles. The van der Waals surface area contributed by atoms with Crippen LogP contribution in [0.25, 0.3) is 11.1 Å². The fraction of sp³-hybridized carbons (Fsp3) is 0.0909. The molecule has 0 amide bonds. The Hall–Kier alpha value is -2.11. The van der Waals surface area contributed by atoms with Crippen molar-refractivity contribution in [3.63, 3.8) is 0 Å². The van der Waals surface area contributed by atoms with Crippen LogP contribution >= 0.6 is 0 Å². The van der Waals surface area contributed by atoms with Gasteiger partial charge in [0.15, 0.2) is 0 Å². The molecule has 0 atom stereocenters. The van der Waals surface area contributed by atoms with E-state index < -0.39 is 11.7 Å². The van der Waals surface area contributed by atoms with Crippen molar-refractivity contribution in [2.75, 3.05) is 5.73 Å². The molecule has 0 unspecified atom stereocenters. The number of hydrogen-bond donors (Lipinski definition) is 1. The fourth-order valence-electron chi connectivity index (χ4n) is 1.33. The zero-order valence-electron chi connectivity index (χ0n) is 8.57. The lowest BCUT2D eigenvalue weighted by molar-refractivity contribution is -0.137. The van der Waals surface area contributed by atoms with Crippen LogP contribution in [-0.4, -0.2) is 9.97 Å². The maximum absolute atomic E-state index is 12.5. The second-order valence-electron chi connectivity index (χ2n) is 3.43. The summed E-state index contributed by atoms with van der Waals surface area (Å²) < 4.78 is 37.4. The number of halogens is 3. The van der Waals surface area contributed by atoms with Gasteiger partial charge in [0.05, 0.1) is 5.56 Å². The summed E-state index contributed by atoms with van der Waals surface area (Å²) in [7, 11) is 0. The highest BCUT2D eigenvalue weighted by molar-refractivity contribution is 5.63. The smallest absolute Gasteiger partial charge is 0.384 e. The molecule has 0 aliphatic heterocycles. The summed E-state index contributed by atoms with van der Waals surface area (Å²) in [6.45, 7) is 0. The molecule has 17 heavy (non-hydrogen) atoms. The lowest BCUT2D eigenvalue weighted by atomic mass is 10.1. The van der Waals surface area contributed by atoms with E-state index >= 15 is 0 Å². The van der Waals surface area contributed by atoms with E-state index in [-0.39, 0.29) is 0 Å². The first-order valence-electron chi connectivity index (χ1n) is 4.71. The highest BCUT2D eigenvalue weighted by Crippen LogP contribution is 2.31. The predicted molar refractivity (Wildman–Crippen MR) is 56.9 cm³/mol. The maximum Gasteiger partial charge on any atom is 0.417 e. The van der Waals surface area contributed by atoms with Gasteiger partial charge in [0.25, 0.3) is 0 Å². The monoisotopic (exact) mass is 239 g/mol. The summed E-state index contributed by atoms with van der Waals surface area (Å²) in [5, 5.41) is 0. The van der Waals surface area contributed by atoms with Crippen LogP contribution in [0.5, 0.6) is 0 Å². The molecule has 2 rings (SSSR count). The Bertz CT molecular complexity index is 520. The quantitative estimate of drug-likeness (QED) is 0.832. The number of alkyl halides is 3. The van der Waals surface area contributed by atoms with Gasteiger partial charge in [-0.15, -0.1) is 0 Å². The van der Waals surface area contributed by atoms with E-state index in [4.69, 9.17) is 5.73 Å². The second-order valence-corrected chi connectivity index (χ2v) is 3.43. The Labute approximate surface area is 95.1 Å². The third-order valence-electron chi connectivity index (χ3n) is 2.19. The van der Waals surface area contributed by atoms with Crippen molar-refractivity contribution in [2.24, 2.45) is 0 Å². The molecule has 0 bridgehead atoms. The average molecular weight is 239 g/mol. The molecule has 0 aliphatic rings. The molecule has 3 nitrogen and oxygen atoms in total. The van der Waals surface area contributed by atoms with Crippen molar-refractivity contribution in [1.29, 1.82) is 0 Å². The van der Waals surface area contributed by atoms with Crippen LogP contribution in [0.1, 0.15) is 5.56 Å². The molecule has 2 aromatic heterocycles. The minimum Gasteiger partial charge on any atom is -0.384 e. The van der Waals surface area contributed by atoms with Gasteiger partial charge >= 0.3 is 6.18 Å². The number of nitrogens with two attached hydrogens (primary N) is 1. The van der Waals surface area contributed by atoms with Gasteiger partial charge in [-0.1, -0.05) is 0 Å². The number of nitrogen functional groups attached to an aromatic ring is 1. The third kappa shape index (κ3) is 2.52. The van der Waals surface area contributed by atoms with Crippen LogP contribution in [0.15, 0.2) is 36.8 Å². The fourth-order valence-corrected chi connectivity index (χ4v) is 1.33. The summed E-state index contributed by atoms with van der Waals surface area (Å²) in [6.07, 6.45) is -0.854. The van der Waals surface area contributed by atoms with E-state index in [1.165, 1.54) is 18.5 Å². The van der Waals surface area contributed by atoms with Crippen LogP contribution in [0.3, 0.4) is 0 Å². The number of pyridine rings is 2. The molecular formula is C11H8F3N3. The molecule has 88 valence electrons. The van der Waals surface area contributed by atoms with Gasteiger partial charge in [-0.2, -0.15) is 13.2 Å². The van der Waals surface area contributed by atoms with Crippen molar-refractivity contribution in [1.82, 2.24) is 9.97 Å². The van der Waals surface area contributed by atoms with Gasteiger partial charge in [0, 0.05) is 29.7 Å². The van der Waals surface area contributed by atoms with Gasteiger partial charge in [0.2, 0.25) is 0 Å². The standard InChI is InChI=1S/C11H8F3N3/c12-11(13,14)9-3-8(4-16-6-9)7-1-2-10(15)17-5-7/h1-6H,(H2,15,17). The van der Waals surface area contributed by atoms with Crippen LogP contribution in [0.4, 0.5) is 19.0 Å². The first-order chi connectivity index (χ1) is 7.97. The molecule has 6 heteroatoms. The van der Waals surface area contributed by atoms with Gasteiger partial charge in [-0.25, -0.2) is 4.98 Å². The average Bonchev–Trinajstić information content (AvgIpc) is 2.29. The first kappa shape index (κ1) is 11.4. The summed E-state index contributed by atoms with van der Waals surface area (Å²) in [5.74, 6) is 0.314. The van der Waals surface area contributed by atoms with Crippen LogP contribution in [0, 0.1) is 0 Å². The number of aromatic nitrogens is 2. The molecule has 0 spiro atoms. The third-order valence-corrected chi connectivity index (χ3v) is 2.19. The van der Waals surface area contributed by atoms with E-state index in [1.54, 1.807) is 6.07 Å². The minimum absolute atomic E-state index is 0.314. The molecule has 0 aromatic carbocycles. The van der Waals surface area contributed by atoms with Gasteiger partial charge in [-0.05, 0) is 18.2 Å². The normalized spacial score (nSPS) is 11.5. The van der Waals surface area contributed by atoms with E-state index in [2.05, 4.69) is 9.97 Å².